The van der Waals surface area contributed by atoms with Crippen molar-refractivity contribution >= 4 is 10.9 Å². The number of likely N-dealkylation sites (tertiary alicyclic amines) is 1. The minimum absolute atomic E-state index is 0.0616. The second kappa shape index (κ2) is 6.53. The van der Waals surface area contributed by atoms with Crippen molar-refractivity contribution in [2.75, 3.05) is 26.7 Å². The van der Waals surface area contributed by atoms with Crippen LogP contribution in [0.2, 0.25) is 0 Å². The van der Waals surface area contributed by atoms with Gasteiger partial charge in [-0.05, 0) is 44.5 Å². The van der Waals surface area contributed by atoms with Crippen molar-refractivity contribution in [1.82, 2.24) is 9.47 Å². The number of aromatic nitrogens is 1. The Kier molecular flexibility index (Phi) is 4.48. The number of fused-ring (bicyclic) bond motifs is 1. The molecular formula is C18H24N2O2. The van der Waals surface area contributed by atoms with E-state index in [4.69, 9.17) is 4.74 Å². The van der Waals surface area contributed by atoms with Gasteiger partial charge in [0.25, 0.3) is 5.56 Å². The predicted octanol–water partition coefficient (Wildman–Crippen LogP) is 2.80. The highest BCUT2D eigenvalue weighted by Gasteiger charge is 2.14. The molecule has 4 heteroatoms. The summed E-state index contributed by atoms with van der Waals surface area (Å²) in [6, 6.07) is 7.70. The maximum Gasteiger partial charge on any atom is 0.251 e. The Morgan fingerprint density at radius 1 is 1.14 bits per heavy atom. The van der Waals surface area contributed by atoms with Crippen molar-refractivity contribution in [3.8, 4) is 5.75 Å². The summed E-state index contributed by atoms with van der Waals surface area (Å²) in [4.78, 5) is 14.9. The SMILES string of the molecule is COc1cccc2c(C)cc(=O)n(CCN3CCCCC3)c12. The summed E-state index contributed by atoms with van der Waals surface area (Å²) in [7, 11) is 1.66. The molecule has 22 heavy (non-hydrogen) atoms. The first kappa shape index (κ1) is 15.1. The smallest absolute Gasteiger partial charge is 0.251 e. The van der Waals surface area contributed by atoms with Crippen LogP contribution in [0.15, 0.2) is 29.1 Å². The van der Waals surface area contributed by atoms with E-state index in [9.17, 15) is 4.79 Å². The first-order chi connectivity index (χ1) is 10.7. The Labute approximate surface area is 131 Å². The van der Waals surface area contributed by atoms with Gasteiger partial charge in [0.1, 0.15) is 5.75 Å². The summed E-state index contributed by atoms with van der Waals surface area (Å²) in [5, 5.41) is 1.09. The molecule has 1 aromatic carbocycles. The van der Waals surface area contributed by atoms with Crippen LogP contribution in [0.1, 0.15) is 24.8 Å². The van der Waals surface area contributed by atoms with Gasteiger partial charge in [-0.25, -0.2) is 0 Å². The average Bonchev–Trinajstić information content (AvgIpc) is 2.55. The molecule has 1 saturated heterocycles. The van der Waals surface area contributed by atoms with Gasteiger partial charge in [-0.3, -0.25) is 4.79 Å². The Bertz CT molecular complexity index is 715. The van der Waals surface area contributed by atoms with Crippen molar-refractivity contribution in [2.24, 2.45) is 0 Å². The van der Waals surface area contributed by atoms with Crippen LogP contribution in [0.4, 0.5) is 0 Å². The van der Waals surface area contributed by atoms with Gasteiger partial charge in [0.2, 0.25) is 0 Å². The molecule has 1 fully saturated rings. The summed E-state index contributed by atoms with van der Waals surface area (Å²) in [5.74, 6) is 0.775. The van der Waals surface area contributed by atoms with Gasteiger partial charge >= 0.3 is 0 Å². The van der Waals surface area contributed by atoms with Crippen LogP contribution < -0.4 is 10.3 Å². The quantitative estimate of drug-likeness (QED) is 0.871. The molecule has 0 saturated carbocycles. The monoisotopic (exact) mass is 300 g/mol. The number of pyridine rings is 1. The van der Waals surface area contributed by atoms with Crippen molar-refractivity contribution in [2.45, 2.75) is 32.7 Å². The Morgan fingerprint density at radius 2 is 1.91 bits per heavy atom. The van der Waals surface area contributed by atoms with Crippen LogP contribution >= 0.6 is 0 Å². The molecule has 1 aromatic heterocycles. The lowest BCUT2D eigenvalue weighted by molar-refractivity contribution is 0.221. The molecule has 3 rings (SSSR count). The molecule has 0 atom stereocenters. The van der Waals surface area contributed by atoms with Crippen LogP contribution in [0.3, 0.4) is 0 Å². The minimum atomic E-state index is 0.0616. The number of rotatable bonds is 4. The fourth-order valence-electron chi connectivity index (χ4n) is 3.38. The average molecular weight is 300 g/mol. The Morgan fingerprint density at radius 3 is 2.64 bits per heavy atom. The van der Waals surface area contributed by atoms with E-state index >= 15 is 0 Å². The summed E-state index contributed by atoms with van der Waals surface area (Å²) >= 11 is 0. The van der Waals surface area contributed by atoms with Crippen LogP contribution in [-0.2, 0) is 6.54 Å². The van der Waals surface area contributed by atoms with Crippen molar-refractivity contribution in [3.05, 3.63) is 40.2 Å². The van der Waals surface area contributed by atoms with E-state index in [1.165, 1.54) is 19.3 Å². The molecular weight excluding hydrogens is 276 g/mol. The normalized spacial score (nSPS) is 16.1. The summed E-state index contributed by atoms with van der Waals surface area (Å²) in [6.45, 7) is 5.93. The molecule has 0 aliphatic carbocycles. The highest BCUT2D eigenvalue weighted by molar-refractivity contribution is 5.87. The van der Waals surface area contributed by atoms with Crippen LogP contribution in [-0.4, -0.2) is 36.2 Å². The second-order valence-corrected chi connectivity index (χ2v) is 6.08. The summed E-state index contributed by atoms with van der Waals surface area (Å²) in [5.41, 5.74) is 1.99. The number of methoxy groups -OCH3 is 1. The number of aryl methyl sites for hydroxylation is 1. The first-order valence-corrected chi connectivity index (χ1v) is 8.10. The van der Waals surface area contributed by atoms with Gasteiger partial charge < -0.3 is 14.2 Å². The van der Waals surface area contributed by atoms with E-state index in [1.807, 2.05) is 23.6 Å². The van der Waals surface area contributed by atoms with E-state index in [1.54, 1.807) is 13.2 Å². The third kappa shape index (κ3) is 2.88. The van der Waals surface area contributed by atoms with Gasteiger partial charge in [0.05, 0.1) is 12.6 Å². The number of ether oxygens (including phenoxy) is 1. The maximum absolute atomic E-state index is 12.5. The lowest BCUT2D eigenvalue weighted by Gasteiger charge is -2.27. The number of para-hydroxylation sites is 1. The zero-order valence-electron chi connectivity index (χ0n) is 13.5. The zero-order chi connectivity index (χ0) is 15.5. The number of nitrogens with zero attached hydrogens (tertiary/aromatic N) is 2. The van der Waals surface area contributed by atoms with E-state index in [2.05, 4.69) is 11.0 Å². The van der Waals surface area contributed by atoms with Gasteiger partial charge in [-0.2, -0.15) is 0 Å². The molecule has 118 valence electrons. The van der Waals surface area contributed by atoms with Crippen LogP contribution in [0.5, 0.6) is 5.75 Å². The van der Waals surface area contributed by atoms with Crippen molar-refractivity contribution < 1.29 is 4.74 Å². The lowest BCUT2D eigenvalue weighted by Crippen LogP contribution is -2.34. The van der Waals surface area contributed by atoms with Crippen molar-refractivity contribution in [1.29, 1.82) is 0 Å². The molecule has 4 nitrogen and oxygen atoms in total. The number of hydrogen-bond donors (Lipinski definition) is 0. The maximum atomic E-state index is 12.5. The van der Waals surface area contributed by atoms with E-state index in [-0.39, 0.29) is 5.56 Å². The first-order valence-electron chi connectivity index (χ1n) is 8.10. The predicted molar refractivity (Wildman–Crippen MR) is 89.8 cm³/mol. The third-order valence-corrected chi connectivity index (χ3v) is 4.61. The molecule has 2 heterocycles. The van der Waals surface area contributed by atoms with Crippen LogP contribution in [0.25, 0.3) is 10.9 Å². The fourth-order valence-corrected chi connectivity index (χ4v) is 3.38. The minimum Gasteiger partial charge on any atom is -0.495 e. The molecule has 0 unspecified atom stereocenters. The molecule has 0 N–H and O–H groups in total. The topological polar surface area (TPSA) is 34.5 Å². The standard InChI is InChI=1S/C18H24N2O2/c1-14-13-17(21)20(12-11-19-9-4-3-5-10-19)18-15(14)7-6-8-16(18)22-2/h6-8,13H,3-5,9-12H2,1-2H3. The third-order valence-electron chi connectivity index (χ3n) is 4.61. The number of benzene rings is 1. The summed E-state index contributed by atoms with van der Waals surface area (Å²) in [6.07, 6.45) is 3.87. The second-order valence-electron chi connectivity index (χ2n) is 6.08. The molecule has 2 aromatic rings. The van der Waals surface area contributed by atoms with Gasteiger partial charge in [0.15, 0.2) is 0 Å². The van der Waals surface area contributed by atoms with E-state index in [0.29, 0.717) is 0 Å². The molecule has 0 amide bonds. The molecule has 1 aliphatic heterocycles. The largest absolute Gasteiger partial charge is 0.495 e. The highest BCUT2D eigenvalue weighted by atomic mass is 16.5. The fraction of sp³-hybridized carbons (Fsp3) is 0.500. The molecule has 0 bridgehead atoms. The summed E-state index contributed by atoms with van der Waals surface area (Å²) < 4.78 is 7.37. The van der Waals surface area contributed by atoms with Gasteiger partial charge in [-0.15, -0.1) is 0 Å². The van der Waals surface area contributed by atoms with Crippen molar-refractivity contribution in [3.63, 3.8) is 0 Å². The van der Waals surface area contributed by atoms with E-state index < -0.39 is 0 Å². The zero-order valence-corrected chi connectivity index (χ0v) is 13.5. The highest BCUT2D eigenvalue weighted by Crippen LogP contribution is 2.26. The van der Waals surface area contributed by atoms with Gasteiger partial charge in [-0.1, -0.05) is 18.6 Å². The number of hydrogen-bond acceptors (Lipinski definition) is 3. The van der Waals surface area contributed by atoms with Gasteiger partial charge in [0, 0.05) is 24.5 Å². The molecule has 0 radical (unpaired) electrons. The van der Waals surface area contributed by atoms with E-state index in [0.717, 1.165) is 48.4 Å². The van der Waals surface area contributed by atoms with Crippen LogP contribution in [0, 0.1) is 6.92 Å². The number of piperidine rings is 1. The molecule has 1 aliphatic rings. The molecule has 0 spiro atoms. The lowest BCUT2D eigenvalue weighted by atomic mass is 10.1. The Balaban J connectivity index is 1.98. The Hall–Kier alpha value is -1.81.